The van der Waals surface area contributed by atoms with Crippen LogP contribution < -0.4 is 10.6 Å². The van der Waals surface area contributed by atoms with Crippen LogP contribution in [0.1, 0.15) is 62.0 Å². The summed E-state index contributed by atoms with van der Waals surface area (Å²) in [6.45, 7) is 6.63. The van der Waals surface area contributed by atoms with Gasteiger partial charge in [-0.3, -0.25) is 9.59 Å². The number of hydrogen-bond acceptors (Lipinski definition) is 6. The van der Waals surface area contributed by atoms with Crippen molar-refractivity contribution in [2.24, 2.45) is 5.92 Å². The van der Waals surface area contributed by atoms with Crippen LogP contribution in [0.15, 0.2) is 97.2 Å². The number of carbonyl (C=O) groups is 2. The van der Waals surface area contributed by atoms with Crippen molar-refractivity contribution in [2.45, 2.75) is 58.6 Å². The number of benzene rings is 3. The number of esters is 1. The first-order valence-corrected chi connectivity index (χ1v) is 16.0. The Kier molecular flexibility index (Phi) is 9.42. The third-order valence-electron chi connectivity index (χ3n) is 8.32. The second-order valence-electron chi connectivity index (χ2n) is 12.3. The Morgan fingerprint density at radius 2 is 1.66 bits per heavy atom. The van der Waals surface area contributed by atoms with Crippen molar-refractivity contribution in [3.05, 3.63) is 114 Å². The van der Waals surface area contributed by atoms with Crippen LogP contribution in [0.2, 0.25) is 0 Å². The summed E-state index contributed by atoms with van der Waals surface area (Å²) in [5.41, 5.74) is 5.36. The minimum atomic E-state index is -0.362. The molecule has 0 bridgehead atoms. The third kappa shape index (κ3) is 7.25. The predicted octanol–water partition coefficient (Wildman–Crippen LogP) is 8.60. The average molecular weight is 632 g/mol. The number of aromatic nitrogens is 3. The standard InChI is InChI=1S/C38H38FN5O3/c1-24(2)35-34(37(46)41-28-10-6-4-7-11-28)33(31-18-20-40-38(43-31)42-29-12-8-5-9-13-29)36(26-14-16-27(39)17-15-26)44(35)21-19-30-22-25(3)23-32(45)47-30/h4-18,20,24-25,30H,19,21-23H2,1-3H3,(H,41,46)(H,40,42,43). The Labute approximate surface area is 274 Å². The van der Waals surface area contributed by atoms with Crippen molar-refractivity contribution in [1.29, 1.82) is 0 Å². The Bertz CT molecular complexity index is 1860. The summed E-state index contributed by atoms with van der Waals surface area (Å²) in [6, 6.07) is 27.0. The van der Waals surface area contributed by atoms with E-state index in [4.69, 9.17) is 9.72 Å². The molecule has 1 fully saturated rings. The number of amides is 1. The molecule has 1 aliphatic heterocycles. The van der Waals surface area contributed by atoms with Crippen molar-refractivity contribution >= 4 is 29.2 Å². The summed E-state index contributed by atoms with van der Waals surface area (Å²) >= 11 is 0. The van der Waals surface area contributed by atoms with Gasteiger partial charge in [0, 0.05) is 48.2 Å². The first-order chi connectivity index (χ1) is 22.8. The second-order valence-corrected chi connectivity index (χ2v) is 12.3. The zero-order valence-electron chi connectivity index (χ0n) is 26.7. The summed E-state index contributed by atoms with van der Waals surface area (Å²) in [4.78, 5) is 36.1. The lowest BCUT2D eigenvalue weighted by Crippen LogP contribution is -2.29. The monoisotopic (exact) mass is 631 g/mol. The number of para-hydroxylation sites is 2. The molecule has 47 heavy (non-hydrogen) atoms. The largest absolute Gasteiger partial charge is 0.462 e. The van der Waals surface area contributed by atoms with Gasteiger partial charge in [-0.1, -0.05) is 57.2 Å². The van der Waals surface area contributed by atoms with Crippen molar-refractivity contribution in [3.63, 3.8) is 0 Å². The summed E-state index contributed by atoms with van der Waals surface area (Å²) < 4.78 is 22.2. The minimum Gasteiger partial charge on any atom is -0.462 e. The van der Waals surface area contributed by atoms with E-state index in [-0.39, 0.29) is 35.6 Å². The fourth-order valence-electron chi connectivity index (χ4n) is 6.33. The minimum absolute atomic E-state index is 0.0870. The molecule has 1 saturated heterocycles. The molecule has 6 rings (SSSR count). The maximum Gasteiger partial charge on any atom is 0.306 e. The number of halogens is 1. The lowest BCUT2D eigenvalue weighted by molar-refractivity contribution is -0.156. The number of carbonyl (C=O) groups excluding carboxylic acids is 2. The number of ether oxygens (including phenoxy) is 1. The molecule has 0 aliphatic carbocycles. The average Bonchev–Trinajstić information content (AvgIpc) is 3.40. The SMILES string of the molecule is CC1CC(=O)OC(CCn2c(-c3ccc(F)cc3)c(-c3ccnc(Nc4ccccc4)n3)c(C(=O)Nc3ccccc3)c2C(C)C)C1. The molecular weight excluding hydrogens is 593 g/mol. The summed E-state index contributed by atoms with van der Waals surface area (Å²) in [5.74, 6) is -0.324. The van der Waals surface area contributed by atoms with Crippen molar-refractivity contribution in [3.8, 4) is 22.5 Å². The molecule has 2 aromatic heterocycles. The van der Waals surface area contributed by atoms with E-state index in [0.717, 1.165) is 29.1 Å². The van der Waals surface area contributed by atoms with E-state index in [1.54, 1.807) is 24.4 Å². The smallest absolute Gasteiger partial charge is 0.306 e. The molecule has 2 unspecified atom stereocenters. The van der Waals surface area contributed by atoms with Crippen LogP contribution >= 0.6 is 0 Å². The summed E-state index contributed by atoms with van der Waals surface area (Å²) in [7, 11) is 0. The van der Waals surface area contributed by atoms with Crippen LogP contribution in [0.5, 0.6) is 0 Å². The van der Waals surface area contributed by atoms with Gasteiger partial charge in [-0.15, -0.1) is 0 Å². The molecule has 0 saturated carbocycles. The number of hydrogen-bond donors (Lipinski definition) is 2. The van der Waals surface area contributed by atoms with Crippen LogP contribution in [-0.4, -0.2) is 32.5 Å². The Hall–Kier alpha value is -5.31. The third-order valence-corrected chi connectivity index (χ3v) is 8.32. The van der Waals surface area contributed by atoms with Gasteiger partial charge in [0.2, 0.25) is 5.95 Å². The molecule has 2 N–H and O–H groups in total. The van der Waals surface area contributed by atoms with Crippen LogP contribution in [0.3, 0.4) is 0 Å². The highest BCUT2D eigenvalue weighted by Gasteiger charge is 2.33. The number of rotatable bonds is 10. The van der Waals surface area contributed by atoms with Gasteiger partial charge in [-0.2, -0.15) is 0 Å². The number of nitrogens with zero attached hydrogens (tertiary/aromatic N) is 3. The van der Waals surface area contributed by atoms with Gasteiger partial charge in [0.05, 0.1) is 17.0 Å². The van der Waals surface area contributed by atoms with Crippen LogP contribution in [0.25, 0.3) is 22.5 Å². The van der Waals surface area contributed by atoms with E-state index >= 15 is 0 Å². The van der Waals surface area contributed by atoms with Gasteiger partial charge in [-0.25, -0.2) is 14.4 Å². The van der Waals surface area contributed by atoms with E-state index in [1.165, 1.54) is 12.1 Å². The summed E-state index contributed by atoms with van der Waals surface area (Å²) in [5, 5.41) is 6.36. The molecule has 5 aromatic rings. The first kappa shape index (κ1) is 31.7. The van der Waals surface area contributed by atoms with E-state index < -0.39 is 0 Å². The van der Waals surface area contributed by atoms with Gasteiger partial charge < -0.3 is 19.9 Å². The van der Waals surface area contributed by atoms with E-state index in [1.807, 2.05) is 60.7 Å². The maximum absolute atomic E-state index is 14.4. The molecule has 2 atom stereocenters. The fraction of sp³-hybridized carbons (Fsp3) is 0.263. The normalized spacial score (nSPS) is 16.1. The fourth-order valence-corrected chi connectivity index (χ4v) is 6.33. The van der Waals surface area contributed by atoms with Crippen molar-refractivity contribution in [2.75, 3.05) is 10.6 Å². The van der Waals surface area contributed by atoms with Gasteiger partial charge in [0.1, 0.15) is 11.9 Å². The number of cyclic esters (lactones) is 1. The molecule has 0 radical (unpaired) electrons. The topological polar surface area (TPSA) is 98.1 Å². The molecular formula is C38H38FN5O3. The maximum atomic E-state index is 14.4. The quantitative estimate of drug-likeness (QED) is 0.150. The van der Waals surface area contributed by atoms with Gasteiger partial charge in [-0.05, 0) is 78.4 Å². The predicted molar refractivity (Wildman–Crippen MR) is 182 cm³/mol. The van der Waals surface area contributed by atoms with Crippen molar-refractivity contribution in [1.82, 2.24) is 14.5 Å². The van der Waals surface area contributed by atoms with Crippen LogP contribution in [-0.2, 0) is 16.1 Å². The highest BCUT2D eigenvalue weighted by Crippen LogP contribution is 2.42. The first-order valence-electron chi connectivity index (χ1n) is 16.0. The van der Waals surface area contributed by atoms with E-state index in [9.17, 15) is 14.0 Å². The van der Waals surface area contributed by atoms with E-state index in [0.29, 0.717) is 47.8 Å². The lowest BCUT2D eigenvalue weighted by atomic mass is 9.95. The molecule has 9 heteroatoms. The number of anilines is 3. The summed E-state index contributed by atoms with van der Waals surface area (Å²) in [6.07, 6.45) is 3.16. The van der Waals surface area contributed by atoms with E-state index in [2.05, 4.69) is 41.0 Å². The van der Waals surface area contributed by atoms with Gasteiger partial charge >= 0.3 is 5.97 Å². The molecule has 0 spiro atoms. The Balaban J connectivity index is 1.55. The van der Waals surface area contributed by atoms with Gasteiger partial charge in [0.25, 0.3) is 5.91 Å². The Morgan fingerprint density at radius 3 is 2.32 bits per heavy atom. The number of nitrogens with one attached hydrogen (secondary N) is 2. The lowest BCUT2D eigenvalue weighted by Gasteiger charge is -2.27. The van der Waals surface area contributed by atoms with Crippen LogP contribution in [0, 0.1) is 11.7 Å². The molecule has 3 heterocycles. The molecule has 8 nitrogen and oxygen atoms in total. The van der Waals surface area contributed by atoms with Crippen molar-refractivity contribution < 1.29 is 18.7 Å². The molecule has 1 aliphatic rings. The van der Waals surface area contributed by atoms with Gasteiger partial charge in [0.15, 0.2) is 0 Å². The zero-order chi connectivity index (χ0) is 32.9. The highest BCUT2D eigenvalue weighted by atomic mass is 19.1. The second kappa shape index (κ2) is 14.0. The molecule has 3 aromatic carbocycles. The highest BCUT2D eigenvalue weighted by molar-refractivity contribution is 6.12. The van der Waals surface area contributed by atoms with Crippen LogP contribution in [0.4, 0.5) is 21.7 Å². The molecule has 240 valence electrons. The molecule has 1 amide bonds. The zero-order valence-corrected chi connectivity index (χ0v) is 26.7. The Morgan fingerprint density at radius 1 is 0.979 bits per heavy atom.